The van der Waals surface area contributed by atoms with Crippen LogP contribution < -0.4 is 0 Å². The summed E-state index contributed by atoms with van der Waals surface area (Å²) in [4.78, 5) is 9.56. The zero-order valence-electron chi connectivity index (χ0n) is 21.9. The molecule has 0 saturated heterocycles. The van der Waals surface area contributed by atoms with E-state index in [1.54, 1.807) is 6.07 Å². The van der Waals surface area contributed by atoms with E-state index in [4.69, 9.17) is 9.40 Å². The maximum Gasteiger partial charge on any atom is 0.135 e. The predicted molar refractivity (Wildman–Crippen MR) is 165 cm³/mol. The minimum Gasteiger partial charge on any atom is -0.456 e. The molecule has 0 saturated carbocycles. The van der Waals surface area contributed by atoms with Crippen LogP contribution in [0.3, 0.4) is 0 Å². The monoisotopic (exact) mass is 523 g/mol. The van der Waals surface area contributed by atoms with Crippen LogP contribution in [-0.4, -0.2) is 9.97 Å². The number of furan rings is 1. The number of hydrogen-bond donors (Lipinski definition) is 0. The van der Waals surface area contributed by atoms with E-state index < -0.39 is 0 Å². The van der Waals surface area contributed by atoms with E-state index in [1.807, 2.05) is 30.5 Å². The molecule has 0 bridgehead atoms. The number of aromatic nitrogens is 2. The Kier molecular flexibility index (Phi) is 5.16. The molecule has 41 heavy (non-hydrogen) atoms. The standard InChI is InChI=1S/C37H21N3O/c38-22-23-3-17-34-31(20-23)32-21-30(15-18-35(32)41-34)26-6-4-24(5-7-26)25-8-10-27(11-9-25)33-16-14-29-13-12-28-2-1-19-39-36(28)37(29)40-33/h1-21H. The van der Waals surface area contributed by atoms with Crippen LogP contribution in [0.2, 0.25) is 0 Å². The second-order valence-corrected chi connectivity index (χ2v) is 10.2. The Hall–Kier alpha value is -5.79. The van der Waals surface area contributed by atoms with Crippen LogP contribution in [0.1, 0.15) is 5.56 Å². The van der Waals surface area contributed by atoms with Crippen LogP contribution in [0, 0.1) is 11.3 Å². The molecule has 0 N–H and O–H groups in total. The number of hydrogen-bond acceptors (Lipinski definition) is 4. The van der Waals surface area contributed by atoms with Crippen LogP contribution in [0.5, 0.6) is 0 Å². The molecule has 4 heteroatoms. The van der Waals surface area contributed by atoms with Crippen molar-refractivity contribution in [1.29, 1.82) is 5.26 Å². The van der Waals surface area contributed by atoms with Crippen molar-refractivity contribution >= 4 is 43.7 Å². The molecule has 0 radical (unpaired) electrons. The Labute approximate surface area is 235 Å². The molecule has 0 spiro atoms. The summed E-state index contributed by atoms with van der Waals surface area (Å²) in [5.41, 5.74) is 10.6. The summed E-state index contributed by atoms with van der Waals surface area (Å²) in [5, 5.41) is 13.5. The van der Waals surface area contributed by atoms with Crippen molar-refractivity contribution in [3.8, 4) is 39.6 Å². The zero-order chi connectivity index (χ0) is 27.3. The molecule has 8 rings (SSSR count). The Morgan fingerprint density at radius 1 is 0.537 bits per heavy atom. The van der Waals surface area contributed by atoms with Crippen molar-refractivity contribution < 1.29 is 4.42 Å². The lowest BCUT2D eigenvalue weighted by Gasteiger charge is -2.08. The molecule has 190 valence electrons. The highest BCUT2D eigenvalue weighted by atomic mass is 16.3. The van der Waals surface area contributed by atoms with Gasteiger partial charge in [-0.3, -0.25) is 4.98 Å². The van der Waals surface area contributed by atoms with Gasteiger partial charge >= 0.3 is 0 Å². The molecule has 0 atom stereocenters. The van der Waals surface area contributed by atoms with Gasteiger partial charge in [-0.1, -0.05) is 78.9 Å². The van der Waals surface area contributed by atoms with Gasteiger partial charge in [-0.15, -0.1) is 0 Å². The minimum absolute atomic E-state index is 0.628. The van der Waals surface area contributed by atoms with Gasteiger partial charge in [0.25, 0.3) is 0 Å². The summed E-state index contributed by atoms with van der Waals surface area (Å²) < 4.78 is 5.98. The molecule has 0 amide bonds. The normalized spacial score (nSPS) is 11.4. The molecular weight excluding hydrogens is 502 g/mol. The lowest BCUT2D eigenvalue weighted by molar-refractivity contribution is 0.669. The molecule has 3 heterocycles. The summed E-state index contributed by atoms with van der Waals surface area (Å²) in [5.74, 6) is 0. The fourth-order valence-electron chi connectivity index (χ4n) is 5.60. The Bertz CT molecular complexity index is 2310. The van der Waals surface area contributed by atoms with Crippen LogP contribution in [-0.2, 0) is 0 Å². The number of rotatable bonds is 3. The van der Waals surface area contributed by atoms with Gasteiger partial charge < -0.3 is 4.42 Å². The molecule has 0 aliphatic carbocycles. The first-order valence-corrected chi connectivity index (χ1v) is 13.5. The molecule has 8 aromatic rings. The fraction of sp³-hybridized carbons (Fsp3) is 0. The van der Waals surface area contributed by atoms with E-state index in [1.165, 1.54) is 0 Å². The van der Waals surface area contributed by atoms with Gasteiger partial charge in [0, 0.05) is 33.3 Å². The molecule has 3 aromatic heterocycles. The van der Waals surface area contributed by atoms with Crippen molar-refractivity contribution in [3.63, 3.8) is 0 Å². The van der Waals surface area contributed by atoms with Gasteiger partial charge in [-0.05, 0) is 64.7 Å². The highest BCUT2D eigenvalue weighted by molar-refractivity contribution is 6.07. The zero-order valence-corrected chi connectivity index (χ0v) is 21.9. The van der Waals surface area contributed by atoms with E-state index in [0.29, 0.717) is 5.56 Å². The highest BCUT2D eigenvalue weighted by Crippen LogP contribution is 2.34. The number of fused-ring (bicyclic) bond motifs is 6. The van der Waals surface area contributed by atoms with Crippen molar-refractivity contribution in [2.24, 2.45) is 0 Å². The maximum absolute atomic E-state index is 9.32. The first kappa shape index (κ1) is 23.1. The van der Waals surface area contributed by atoms with Gasteiger partial charge in [0.05, 0.1) is 28.4 Å². The molecular formula is C37H21N3O. The van der Waals surface area contributed by atoms with Gasteiger partial charge in [0.1, 0.15) is 11.2 Å². The molecule has 4 nitrogen and oxygen atoms in total. The lowest BCUT2D eigenvalue weighted by atomic mass is 9.98. The number of nitriles is 1. The molecule has 5 aromatic carbocycles. The fourth-order valence-corrected chi connectivity index (χ4v) is 5.60. The van der Waals surface area contributed by atoms with Crippen LogP contribution in [0.15, 0.2) is 132 Å². The second-order valence-electron chi connectivity index (χ2n) is 10.2. The lowest BCUT2D eigenvalue weighted by Crippen LogP contribution is -1.89. The quantitative estimate of drug-likeness (QED) is 0.216. The van der Waals surface area contributed by atoms with Crippen LogP contribution >= 0.6 is 0 Å². The average Bonchev–Trinajstić information content (AvgIpc) is 3.42. The summed E-state index contributed by atoms with van der Waals surface area (Å²) in [6.07, 6.45) is 1.82. The third-order valence-corrected chi connectivity index (χ3v) is 7.76. The van der Waals surface area contributed by atoms with Gasteiger partial charge in [-0.2, -0.15) is 5.26 Å². The van der Waals surface area contributed by atoms with E-state index in [0.717, 1.165) is 77.3 Å². The van der Waals surface area contributed by atoms with Crippen molar-refractivity contribution in [2.45, 2.75) is 0 Å². The van der Waals surface area contributed by atoms with E-state index in [9.17, 15) is 5.26 Å². The Balaban J connectivity index is 1.10. The van der Waals surface area contributed by atoms with Crippen molar-refractivity contribution in [3.05, 3.63) is 133 Å². The van der Waals surface area contributed by atoms with Crippen molar-refractivity contribution in [1.82, 2.24) is 9.97 Å². The third-order valence-electron chi connectivity index (χ3n) is 7.76. The first-order valence-electron chi connectivity index (χ1n) is 13.5. The predicted octanol–water partition coefficient (Wildman–Crippen LogP) is 9.56. The average molecular weight is 524 g/mol. The molecule has 0 fully saturated rings. The maximum atomic E-state index is 9.32. The van der Waals surface area contributed by atoms with E-state index in [-0.39, 0.29) is 0 Å². The smallest absolute Gasteiger partial charge is 0.135 e. The number of pyridine rings is 2. The summed E-state index contributed by atoms with van der Waals surface area (Å²) in [6, 6.07) is 43.5. The Morgan fingerprint density at radius 3 is 1.85 bits per heavy atom. The second kappa shape index (κ2) is 9.15. The largest absolute Gasteiger partial charge is 0.456 e. The van der Waals surface area contributed by atoms with Crippen LogP contribution in [0.25, 0.3) is 77.3 Å². The van der Waals surface area contributed by atoms with Crippen LogP contribution in [0.4, 0.5) is 0 Å². The molecule has 0 unspecified atom stereocenters. The van der Waals surface area contributed by atoms with Crippen molar-refractivity contribution in [2.75, 3.05) is 0 Å². The van der Waals surface area contributed by atoms with Gasteiger partial charge in [-0.25, -0.2) is 4.98 Å². The Morgan fingerprint density at radius 2 is 1.12 bits per heavy atom. The van der Waals surface area contributed by atoms with E-state index in [2.05, 4.69) is 102 Å². The number of benzene rings is 5. The summed E-state index contributed by atoms with van der Waals surface area (Å²) >= 11 is 0. The molecule has 0 aliphatic rings. The summed E-state index contributed by atoms with van der Waals surface area (Å²) in [6.45, 7) is 0. The number of nitrogens with zero attached hydrogens (tertiary/aromatic N) is 3. The van der Waals surface area contributed by atoms with Gasteiger partial charge in [0.15, 0.2) is 0 Å². The third kappa shape index (κ3) is 3.92. The van der Waals surface area contributed by atoms with E-state index >= 15 is 0 Å². The SMILES string of the molecule is N#Cc1ccc2oc3ccc(-c4ccc(-c5ccc(-c6ccc7ccc8cccnc8c7n6)cc5)cc4)cc3c2c1. The molecule has 0 aliphatic heterocycles. The highest BCUT2D eigenvalue weighted by Gasteiger charge is 2.11. The minimum atomic E-state index is 0.628. The topological polar surface area (TPSA) is 62.7 Å². The summed E-state index contributed by atoms with van der Waals surface area (Å²) in [7, 11) is 0. The first-order chi connectivity index (χ1) is 20.2. The van der Waals surface area contributed by atoms with Gasteiger partial charge in [0.2, 0.25) is 0 Å².